The van der Waals surface area contributed by atoms with Crippen molar-refractivity contribution in [2.24, 2.45) is 0 Å². The fourth-order valence-electron chi connectivity index (χ4n) is 0.679. The van der Waals surface area contributed by atoms with Gasteiger partial charge in [0.25, 0.3) is 0 Å². The molecule has 0 saturated heterocycles. The van der Waals surface area contributed by atoms with E-state index >= 15 is 0 Å². The number of nitrogens with one attached hydrogen (secondary N) is 1. The van der Waals surface area contributed by atoms with E-state index in [2.05, 4.69) is 31.3 Å². The summed E-state index contributed by atoms with van der Waals surface area (Å²) in [5, 5.41) is 3.26. The van der Waals surface area contributed by atoms with Crippen molar-refractivity contribution in [3.63, 3.8) is 0 Å². The summed E-state index contributed by atoms with van der Waals surface area (Å²) in [7, 11) is 0. The Kier molecular flexibility index (Phi) is 10.4. The van der Waals surface area contributed by atoms with E-state index in [1.165, 1.54) is 0 Å². The second kappa shape index (κ2) is 7.99. The van der Waals surface area contributed by atoms with Gasteiger partial charge in [-0.2, -0.15) is 0 Å². The van der Waals surface area contributed by atoms with Crippen LogP contribution in [-0.2, 0) is 0 Å². The summed E-state index contributed by atoms with van der Waals surface area (Å²) in [4.78, 5) is 0. The predicted octanol–water partition coefficient (Wildman–Crippen LogP) is 1.98. The van der Waals surface area contributed by atoms with Gasteiger partial charge in [0.2, 0.25) is 0 Å². The first-order chi connectivity index (χ1) is 3.81. The van der Waals surface area contributed by atoms with Crippen molar-refractivity contribution in [3.8, 4) is 0 Å². The van der Waals surface area contributed by atoms with Gasteiger partial charge in [0.15, 0.2) is 0 Å². The standard InChI is InChI=1S/C7H15N.ClH/c1-4-6-7(3)8-5-2;/h4,6-8H,5H2,1-3H3;1H/b6-4+;. The van der Waals surface area contributed by atoms with Gasteiger partial charge in [0.05, 0.1) is 0 Å². The van der Waals surface area contributed by atoms with Crippen LogP contribution in [-0.4, -0.2) is 12.6 Å². The third kappa shape index (κ3) is 7.99. The molecule has 1 N–H and O–H groups in total. The summed E-state index contributed by atoms with van der Waals surface area (Å²) in [6, 6.07) is 0.532. The Balaban J connectivity index is 0. The number of rotatable bonds is 3. The molecule has 0 aromatic heterocycles. The van der Waals surface area contributed by atoms with Crippen LogP contribution >= 0.6 is 12.4 Å². The smallest absolute Gasteiger partial charge is 0.0221 e. The minimum atomic E-state index is 0. The molecule has 1 unspecified atom stereocenters. The molecule has 0 aliphatic heterocycles. The Morgan fingerprint density at radius 3 is 2.44 bits per heavy atom. The molecule has 0 amide bonds. The molecule has 0 aromatic carbocycles. The van der Waals surface area contributed by atoms with Gasteiger partial charge in [-0.25, -0.2) is 0 Å². The molecule has 1 nitrogen and oxygen atoms in total. The average Bonchev–Trinajstić information content (AvgIpc) is 1.68. The number of hydrogen-bond acceptors (Lipinski definition) is 1. The average molecular weight is 150 g/mol. The topological polar surface area (TPSA) is 12.0 Å². The predicted molar refractivity (Wildman–Crippen MR) is 45.2 cm³/mol. The van der Waals surface area contributed by atoms with Gasteiger partial charge in [-0.1, -0.05) is 19.1 Å². The van der Waals surface area contributed by atoms with Crippen LogP contribution in [0.4, 0.5) is 0 Å². The molecule has 0 radical (unpaired) electrons. The zero-order chi connectivity index (χ0) is 6.41. The van der Waals surface area contributed by atoms with E-state index in [4.69, 9.17) is 0 Å². The molecular weight excluding hydrogens is 134 g/mol. The van der Waals surface area contributed by atoms with Crippen molar-refractivity contribution in [3.05, 3.63) is 12.2 Å². The normalized spacial score (nSPS) is 13.2. The highest BCUT2D eigenvalue weighted by atomic mass is 35.5. The number of likely N-dealkylation sites (N-methyl/N-ethyl adjacent to an activating group) is 1. The third-order valence-electron chi connectivity index (χ3n) is 1.01. The number of hydrogen-bond donors (Lipinski definition) is 1. The Bertz CT molecular complexity index is 71.3. The lowest BCUT2D eigenvalue weighted by Crippen LogP contribution is -2.22. The van der Waals surface area contributed by atoms with Gasteiger partial charge >= 0.3 is 0 Å². The first-order valence-corrected chi connectivity index (χ1v) is 3.17. The van der Waals surface area contributed by atoms with Gasteiger partial charge in [0, 0.05) is 6.04 Å². The highest BCUT2D eigenvalue weighted by Crippen LogP contribution is 1.81. The quantitative estimate of drug-likeness (QED) is 0.606. The Hall–Kier alpha value is -0.0100. The van der Waals surface area contributed by atoms with Gasteiger partial charge in [-0.05, 0) is 20.4 Å². The summed E-state index contributed by atoms with van der Waals surface area (Å²) in [5.74, 6) is 0. The first-order valence-electron chi connectivity index (χ1n) is 3.17. The zero-order valence-corrected chi connectivity index (χ0v) is 7.16. The van der Waals surface area contributed by atoms with E-state index in [9.17, 15) is 0 Å². The molecule has 0 spiro atoms. The Morgan fingerprint density at radius 2 is 2.11 bits per heavy atom. The molecule has 0 aliphatic rings. The van der Waals surface area contributed by atoms with Gasteiger partial charge in [0.1, 0.15) is 0 Å². The largest absolute Gasteiger partial charge is 0.311 e. The molecule has 1 atom stereocenters. The maximum absolute atomic E-state index is 3.26. The van der Waals surface area contributed by atoms with Crippen LogP contribution in [0, 0.1) is 0 Å². The lowest BCUT2D eigenvalue weighted by Gasteiger charge is -2.03. The van der Waals surface area contributed by atoms with Crippen LogP contribution in [0.3, 0.4) is 0 Å². The highest BCUT2D eigenvalue weighted by Gasteiger charge is 1.87. The van der Waals surface area contributed by atoms with Gasteiger partial charge < -0.3 is 5.32 Å². The van der Waals surface area contributed by atoms with Crippen molar-refractivity contribution in [1.29, 1.82) is 0 Å². The van der Waals surface area contributed by atoms with Crippen LogP contribution in [0.15, 0.2) is 12.2 Å². The second-order valence-corrected chi connectivity index (χ2v) is 1.87. The minimum absolute atomic E-state index is 0. The lowest BCUT2D eigenvalue weighted by molar-refractivity contribution is 0.660. The van der Waals surface area contributed by atoms with Crippen LogP contribution in [0.25, 0.3) is 0 Å². The summed E-state index contributed by atoms with van der Waals surface area (Å²) >= 11 is 0. The molecular formula is C7H16ClN. The van der Waals surface area contributed by atoms with Crippen LogP contribution in [0.5, 0.6) is 0 Å². The van der Waals surface area contributed by atoms with E-state index in [1.807, 2.05) is 6.92 Å². The highest BCUT2D eigenvalue weighted by molar-refractivity contribution is 5.85. The summed E-state index contributed by atoms with van der Waals surface area (Å²) in [5.41, 5.74) is 0. The molecule has 0 rings (SSSR count). The Labute approximate surface area is 63.9 Å². The molecule has 0 saturated carbocycles. The molecule has 0 fully saturated rings. The maximum atomic E-state index is 3.26. The van der Waals surface area contributed by atoms with Crippen molar-refractivity contribution < 1.29 is 0 Å². The van der Waals surface area contributed by atoms with E-state index < -0.39 is 0 Å². The molecule has 0 bridgehead atoms. The van der Waals surface area contributed by atoms with Crippen molar-refractivity contribution in [2.75, 3.05) is 6.54 Å². The zero-order valence-electron chi connectivity index (χ0n) is 6.35. The molecule has 0 heterocycles. The fourth-order valence-corrected chi connectivity index (χ4v) is 0.679. The maximum Gasteiger partial charge on any atom is 0.0221 e. The fraction of sp³-hybridized carbons (Fsp3) is 0.714. The number of halogens is 1. The minimum Gasteiger partial charge on any atom is -0.311 e. The SMILES string of the molecule is C/C=C/C(C)NCC.Cl. The molecule has 56 valence electrons. The van der Waals surface area contributed by atoms with Crippen molar-refractivity contribution >= 4 is 12.4 Å². The van der Waals surface area contributed by atoms with Crippen LogP contribution in [0.1, 0.15) is 20.8 Å². The second-order valence-electron chi connectivity index (χ2n) is 1.87. The summed E-state index contributed by atoms with van der Waals surface area (Å²) in [6.07, 6.45) is 4.21. The first kappa shape index (κ1) is 11.7. The van der Waals surface area contributed by atoms with E-state index in [-0.39, 0.29) is 12.4 Å². The molecule has 2 heteroatoms. The molecule has 0 aromatic rings. The van der Waals surface area contributed by atoms with E-state index in [1.54, 1.807) is 0 Å². The summed E-state index contributed by atoms with van der Waals surface area (Å²) in [6.45, 7) is 7.34. The summed E-state index contributed by atoms with van der Waals surface area (Å²) < 4.78 is 0. The van der Waals surface area contributed by atoms with Crippen molar-refractivity contribution in [1.82, 2.24) is 5.32 Å². The monoisotopic (exact) mass is 149 g/mol. The van der Waals surface area contributed by atoms with Gasteiger partial charge in [-0.15, -0.1) is 12.4 Å². The van der Waals surface area contributed by atoms with E-state index in [0.29, 0.717) is 6.04 Å². The van der Waals surface area contributed by atoms with Crippen molar-refractivity contribution in [2.45, 2.75) is 26.8 Å². The van der Waals surface area contributed by atoms with Gasteiger partial charge in [-0.3, -0.25) is 0 Å². The van der Waals surface area contributed by atoms with E-state index in [0.717, 1.165) is 6.54 Å². The molecule has 9 heavy (non-hydrogen) atoms. The molecule has 0 aliphatic carbocycles. The van der Waals surface area contributed by atoms with Crippen LogP contribution < -0.4 is 5.32 Å². The Morgan fingerprint density at radius 1 is 1.56 bits per heavy atom. The van der Waals surface area contributed by atoms with Crippen LogP contribution in [0.2, 0.25) is 0 Å². The number of allylic oxidation sites excluding steroid dienone is 1. The third-order valence-corrected chi connectivity index (χ3v) is 1.01. The lowest BCUT2D eigenvalue weighted by atomic mass is 10.3.